The first kappa shape index (κ1) is 15.7. The van der Waals surface area contributed by atoms with Crippen molar-refractivity contribution in [2.45, 2.75) is 13.5 Å². The minimum Gasteiger partial charge on any atom is -0.360 e. The highest BCUT2D eigenvalue weighted by Crippen LogP contribution is 2.29. The molecule has 0 radical (unpaired) electrons. The lowest BCUT2D eigenvalue weighted by atomic mass is 10.1. The fourth-order valence-electron chi connectivity index (χ4n) is 2.75. The quantitative estimate of drug-likeness (QED) is 0.575. The smallest absolute Gasteiger partial charge is 0.333 e. The van der Waals surface area contributed by atoms with Crippen LogP contribution in [0.2, 0.25) is 0 Å². The summed E-state index contributed by atoms with van der Waals surface area (Å²) < 4.78 is 3.23. The van der Waals surface area contributed by atoms with Crippen LogP contribution in [0.1, 0.15) is 11.3 Å². The maximum absolute atomic E-state index is 11.3. The Morgan fingerprint density at radius 3 is 2.58 bits per heavy atom. The van der Waals surface area contributed by atoms with E-state index in [1.807, 2.05) is 43.6 Å². The van der Waals surface area contributed by atoms with Gasteiger partial charge in [0.25, 0.3) is 0 Å². The number of hydrogen-bond donors (Lipinski definition) is 1. The number of hydrogen-bond acceptors (Lipinski definition) is 5. The average molecular weight is 326 g/mol. The molecule has 0 bridgehead atoms. The largest absolute Gasteiger partial charge is 0.360 e. The molecule has 0 saturated carbocycles. The van der Waals surface area contributed by atoms with Crippen LogP contribution in [-0.4, -0.2) is 24.5 Å². The molecule has 0 unspecified atom stereocenters. The second-order valence-electron chi connectivity index (χ2n) is 5.56. The van der Waals surface area contributed by atoms with Gasteiger partial charge >= 0.3 is 5.69 Å². The van der Waals surface area contributed by atoms with Crippen LogP contribution in [0.3, 0.4) is 0 Å². The highest BCUT2D eigenvalue weighted by atomic mass is 16.6. The van der Waals surface area contributed by atoms with Crippen molar-refractivity contribution in [3.63, 3.8) is 0 Å². The monoisotopic (exact) mass is 326 g/mol. The zero-order chi connectivity index (χ0) is 17.3. The van der Waals surface area contributed by atoms with Crippen LogP contribution in [-0.2, 0) is 20.6 Å². The number of rotatable bonds is 5. The van der Waals surface area contributed by atoms with Crippen molar-refractivity contribution in [2.75, 3.05) is 5.32 Å². The first-order chi connectivity index (χ1) is 11.5. The van der Waals surface area contributed by atoms with Crippen LogP contribution in [0.15, 0.2) is 36.5 Å². The van der Waals surface area contributed by atoms with Crippen molar-refractivity contribution in [3.8, 4) is 11.3 Å². The van der Waals surface area contributed by atoms with E-state index in [1.54, 1.807) is 18.7 Å². The zero-order valence-corrected chi connectivity index (χ0v) is 13.7. The van der Waals surface area contributed by atoms with E-state index >= 15 is 0 Å². The Labute approximate surface area is 138 Å². The summed E-state index contributed by atoms with van der Waals surface area (Å²) in [6.07, 6.45) is 1.91. The van der Waals surface area contributed by atoms with Crippen LogP contribution in [0.5, 0.6) is 0 Å². The maximum Gasteiger partial charge on any atom is 0.333 e. The highest BCUT2D eigenvalue weighted by molar-refractivity contribution is 5.64. The number of anilines is 1. The van der Waals surface area contributed by atoms with Crippen LogP contribution < -0.4 is 5.32 Å². The first-order valence-electron chi connectivity index (χ1n) is 7.47. The van der Waals surface area contributed by atoms with E-state index in [0.717, 1.165) is 16.8 Å². The van der Waals surface area contributed by atoms with E-state index in [2.05, 4.69) is 15.5 Å². The minimum absolute atomic E-state index is 0.00246. The van der Waals surface area contributed by atoms with Gasteiger partial charge in [-0.15, -0.1) is 0 Å². The normalized spacial score (nSPS) is 10.8. The van der Waals surface area contributed by atoms with Gasteiger partial charge in [-0.05, 0) is 6.92 Å². The molecule has 0 aliphatic heterocycles. The Morgan fingerprint density at radius 2 is 1.92 bits per heavy atom. The molecule has 8 heteroatoms. The summed E-state index contributed by atoms with van der Waals surface area (Å²) in [4.78, 5) is 10.8. The van der Waals surface area contributed by atoms with Crippen molar-refractivity contribution in [2.24, 2.45) is 14.1 Å². The summed E-state index contributed by atoms with van der Waals surface area (Å²) in [5, 5.41) is 23.0. The molecule has 0 saturated heterocycles. The molecule has 124 valence electrons. The first-order valence-corrected chi connectivity index (χ1v) is 7.47. The lowest BCUT2D eigenvalue weighted by Gasteiger charge is -2.06. The van der Waals surface area contributed by atoms with Crippen LogP contribution in [0.4, 0.5) is 11.5 Å². The van der Waals surface area contributed by atoms with Crippen LogP contribution >= 0.6 is 0 Å². The van der Waals surface area contributed by atoms with Gasteiger partial charge in [0.2, 0.25) is 5.82 Å². The van der Waals surface area contributed by atoms with E-state index in [-0.39, 0.29) is 5.69 Å². The minimum atomic E-state index is -0.411. The number of nitro groups is 1. The Bertz CT molecular complexity index is 882. The molecule has 0 amide bonds. The second-order valence-corrected chi connectivity index (χ2v) is 5.56. The molecule has 0 aliphatic carbocycles. The van der Waals surface area contributed by atoms with Gasteiger partial charge in [-0.2, -0.15) is 10.2 Å². The molecule has 0 fully saturated rings. The van der Waals surface area contributed by atoms with E-state index < -0.39 is 4.92 Å². The summed E-state index contributed by atoms with van der Waals surface area (Å²) in [6, 6.07) is 9.84. The SMILES string of the molecule is Cc1nn(C)c(NCc2cn(C)nc2-c2ccccc2)c1[N+](=O)[O-]. The summed E-state index contributed by atoms with van der Waals surface area (Å²) in [5.74, 6) is 0.389. The molecule has 0 spiro atoms. The summed E-state index contributed by atoms with van der Waals surface area (Å²) >= 11 is 0. The Hall–Kier alpha value is -3.16. The van der Waals surface area contributed by atoms with E-state index in [9.17, 15) is 10.1 Å². The van der Waals surface area contributed by atoms with Crippen molar-refractivity contribution in [3.05, 3.63) is 57.9 Å². The fraction of sp³-hybridized carbons (Fsp3) is 0.250. The van der Waals surface area contributed by atoms with Crippen molar-refractivity contribution < 1.29 is 4.92 Å². The standard InChI is InChI=1S/C16H18N6O2/c1-11-15(22(23)24)16(21(3)18-11)17-9-13-10-20(2)19-14(13)12-7-5-4-6-8-12/h4-8,10,17H,9H2,1-3H3. The predicted octanol–water partition coefficient (Wildman–Crippen LogP) is 2.65. The van der Waals surface area contributed by atoms with Gasteiger partial charge in [-0.1, -0.05) is 30.3 Å². The van der Waals surface area contributed by atoms with E-state index in [4.69, 9.17) is 0 Å². The number of aromatic nitrogens is 4. The summed E-state index contributed by atoms with van der Waals surface area (Å²) in [5.41, 5.74) is 3.21. The third-order valence-electron chi connectivity index (χ3n) is 3.77. The second kappa shape index (κ2) is 6.15. The molecular weight excluding hydrogens is 308 g/mol. The summed E-state index contributed by atoms with van der Waals surface area (Å²) in [6.45, 7) is 2.04. The third-order valence-corrected chi connectivity index (χ3v) is 3.77. The molecule has 1 N–H and O–H groups in total. The topological polar surface area (TPSA) is 90.8 Å². The molecule has 2 aromatic heterocycles. The number of nitrogens with zero attached hydrogens (tertiary/aromatic N) is 5. The molecule has 3 rings (SSSR count). The molecule has 0 atom stereocenters. The zero-order valence-electron chi connectivity index (χ0n) is 13.7. The van der Waals surface area contributed by atoms with Gasteiger partial charge < -0.3 is 5.32 Å². The third kappa shape index (κ3) is 2.85. The van der Waals surface area contributed by atoms with E-state index in [1.165, 1.54) is 4.68 Å². The summed E-state index contributed by atoms with van der Waals surface area (Å²) in [7, 11) is 3.54. The van der Waals surface area contributed by atoms with Crippen molar-refractivity contribution in [1.29, 1.82) is 0 Å². The van der Waals surface area contributed by atoms with Crippen molar-refractivity contribution >= 4 is 11.5 Å². The Kier molecular flexibility index (Phi) is 4.03. The van der Waals surface area contributed by atoms with Crippen LogP contribution in [0.25, 0.3) is 11.3 Å². The number of benzene rings is 1. The Morgan fingerprint density at radius 1 is 1.21 bits per heavy atom. The average Bonchev–Trinajstić information content (AvgIpc) is 3.05. The molecule has 0 aliphatic rings. The molecule has 8 nitrogen and oxygen atoms in total. The fourth-order valence-corrected chi connectivity index (χ4v) is 2.75. The van der Waals surface area contributed by atoms with Gasteiger partial charge in [0.1, 0.15) is 5.69 Å². The van der Waals surface area contributed by atoms with Gasteiger partial charge in [-0.25, -0.2) is 4.68 Å². The lowest BCUT2D eigenvalue weighted by molar-refractivity contribution is -0.384. The molecular formula is C16H18N6O2. The molecule has 2 heterocycles. The molecule has 3 aromatic rings. The highest BCUT2D eigenvalue weighted by Gasteiger charge is 2.24. The van der Waals surface area contributed by atoms with Gasteiger partial charge in [-0.3, -0.25) is 14.8 Å². The van der Waals surface area contributed by atoms with E-state index in [0.29, 0.717) is 18.1 Å². The number of aryl methyl sites for hydroxylation is 3. The molecule has 24 heavy (non-hydrogen) atoms. The lowest BCUT2D eigenvalue weighted by Crippen LogP contribution is -2.06. The van der Waals surface area contributed by atoms with Crippen molar-refractivity contribution in [1.82, 2.24) is 19.6 Å². The maximum atomic E-state index is 11.3. The van der Waals surface area contributed by atoms with Crippen LogP contribution in [0, 0.1) is 17.0 Å². The Balaban J connectivity index is 1.91. The molecule has 1 aromatic carbocycles. The van der Waals surface area contributed by atoms with Gasteiger partial charge in [0.05, 0.1) is 10.6 Å². The predicted molar refractivity (Wildman–Crippen MR) is 90.6 cm³/mol. The van der Waals surface area contributed by atoms with Gasteiger partial charge in [0.15, 0.2) is 0 Å². The number of nitrogens with one attached hydrogen (secondary N) is 1. The van der Waals surface area contributed by atoms with Gasteiger partial charge in [0, 0.05) is 38.0 Å².